The molecule has 26 heavy (non-hydrogen) atoms. The van der Waals surface area contributed by atoms with E-state index in [0.29, 0.717) is 11.0 Å². The number of rotatable bonds is 5. The van der Waals surface area contributed by atoms with E-state index in [-0.39, 0.29) is 6.04 Å². The zero-order valence-corrected chi connectivity index (χ0v) is 15.6. The lowest BCUT2D eigenvalue weighted by atomic mass is 9.97. The Hall–Kier alpha value is -2.92. The Morgan fingerprint density at radius 2 is 1.77 bits per heavy atom. The van der Waals surface area contributed by atoms with Gasteiger partial charge in [0, 0.05) is 6.07 Å². The molecular weight excluding hydrogens is 342 g/mol. The molecule has 0 spiro atoms. The lowest BCUT2D eigenvalue weighted by Crippen LogP contribution is -2.33. The molecule has 0 aliphatic heterocycles. The molecule has 0 aliphatic carbocycles. The van der Waals surface area contributed by atoms with E-state index in [1.807, 2.05) is 24.3 Å². The van der Waals surface area contributed by atoms with Crippen LogP contribution in [0.15, 0.2) is 72.9 Å². The van der Waals surface area contributed by atoms with E-state index in [2.05, 4.69) is 58.9 Å². The predicted octanol–water partition coefficient (Wildman–Crippen LogP) is 4.47. The monoisotopic (exact) mass is 363 g/mol. The maximum Gasteiger partial charge on any atom is 0.213 e. The lowest BCUT2D eigenvalue weighted by molar-refractivity contribution is 0.398. The Kier molecular flexibility index (Phi) is 5.81. The number of methoxy groups -OCH3 is 1. The SMILES string of the molecule is COc1ccc(NC(=S)N[C@@H](c2ccccc2)c2cccc(C)c2)cn1. The van der Waals surface area contributed by atoms with Gasteiger partial charge in [0.2, 0.25) is 5.88 Å². The molecule has 1 aromatic heterocycles. The molecule has 0 radical (unpaired) electrons. The van der Waals surface area contributed by atoms with Crippen LogP contribution in [0.5, 0.6) is 5.88 Å². The number of aryl methyl sites for hydroxylation is 1. The minimum atomic E-state index is -0.0395. The van der Waals surface area contributed by atoms with Gasteiger partial charge in [-0.15, -0.1) is 0 Å². The topological polar surface area (TPSA) is 46.2 Å². The summed E-state index contributed by atoms with van der Waals surface area (Å²) in [5, 5.41) is 7.13. The number of aromatic nitrogens is 1. The quantitative estimate of drug-likeness (QED) is 0.655. The highest BCUT2D eigenvalue weighted by molar-refractivity contribution is 7.80. The average molecular weight is 363 g/mol. The average Bonchev–Trinajstić information content (AvgIpc) is 2.67. The number of nitrogens with zero attached hydrogens (tertiary/aromatic N) is 1. The maximum atomic E-state index is 5.53. The van der Waals surface area contributed by atoms with Crippen molar-refractivity contribution in [1.29, 1.82) is 0 Å². The number of benzene rings is 2. The van der Waals surface area contributed by atoms with Crippen molar-refractivity contribution in [2.24, 2.45) is 0 Å². The van der Waals surface area contributed by atoms with Crippen molar-refractivity contribution in [3.8, 4) is 5.88 Å². The summed E-state index contributed by atoms with van der Waals surface area (Å²) in [6.07, 6.45) is 1.69. The molecule has 0 bridgehead atoms. The zero-order valence-electron chi connectivity index (χ0n) is 14.8. The van der Waals surface area contributed by atoms with Gasteiger partial charge in [0.15, 0.2) is 5.11 Å². The molecule has 1 atom stereocenters. The van der Waals surface area contributed by atoms with Crippen molar-refractivity contribution < 1.29 is 4.74 Å². The highest BCUT2D eigenvalue weighted by Gasteiger charge is 2.15. The molecule has 5 heteroatoms. The second-order valence-electron chi connectivity index (χ2n) is 5.95. The molecule has 0 unspecified atom stereocenters. The fourth-order valence-electron chi connectivity index (χ4n) is 2.73. The predicted molar refractivity (Wildman–Crippen MR) is 110 cm³/mol. The first-order valence-electron chi connectivity index (χ1n) is 8.35. The van der Waals surface area contributed by atoms with Gasteiger partial charge >= 0.3 is 0 Å². The molecule has 0 saturated heterocycles. The van der Waals surface area contributed by atoms with Gasteiger partial charge in [-0.2, -0.15) is 0 Å². The van der Waals surface area contributed by atoms with Crippen LogP contribution < -0.4 is 15.4 Å². The molecule has 3 rings (SSSR count). The van der Waals surface area contributed by atoms with Gasteiger partial charge < -0.3 is 15.4 Å². The van der Waals surface area contributed by atoms with Crippen LogP contribution in [0.25, 0.3) is 0 Å². The fourth-order valence-corrected chi connectivity index (χ4v) is 2.96. The number of anilines is 1. The Bertz CT molecular complexity index is 866. The lowest BCUT2D eigenvalue weighted by Gasteiger charge is -2.22. The van der Waals surface area contributed by atoms with Crippen LogP contribution in [0.1, 0.15) is 22.7 Å². The van der Waals surface area contributed by atoms with E-state index in [4.69, 9.17) is 17.0 Å². The summed E-state index contributed by atoms with van der Waals surface area (Å²) in [5.74, 6) is 0.566. The van der Waals surface area contributed by atoms with Crippen LogP contribution in [0.4, 0.5) is 5.69 Å². The first-order valence-corrected chi connectivity index (χ1v) is 8.75. The highest BCUT2D eigenvalue weighted by atomic mass is 32.1. The van der Waals surface area contributed by atoms with Crippen LogP contribution in [-0.4, -0.2) is 17.2 Å². The van der Waals surface area contributed by atoms with Gasteiger partial charge in [-0.3, -0.25) is 0 Å². The van der Waals surface area contributed by atoms with E-state index in [9.17, 15) is 0 Å². The molecule has 2 aromatic carbocycles. The van der Waals surface area contributed by atoms with Gasteiger partial charge in [-0.05, 0) is 36.3 Å². The zero-order chi connectivity index (χ0) is 18.4. The van der Waals surface area contributed by atoms with Crippen LogP contribution in [0, 0.1) is 6.92 Å². The minimum Gasteiger partial charge on any atom is -0.481 e. The second-order valence-corrected chi connectivity index (χ2v) is 6.35. The highest BCUT2D eigenvalue weighted by Crippen LogP contribution is 2.23. The molecule has 0 amide bonds. The number of hydrogen-bond acceptors (Lipinski definition) is 3. The van der Waals surface area contributed by atoms with Gasteiger partial charge in [-0.1, -0.05) is 60.2 Å². The van der Waals surface area contributed by atoms with Crippen LogP contribution >= 0.6 is 12.2 Å². The normalized spacial score (nSPS) is 11.5. The molecule has 0 fully saturated rings. The van der Waals surface area contributed by atoms with Crippen LogP contribution in [-0.2, 0) is 0 Å². The summed E-state index contributed by atoms with van der Waals surface area (Å²) in [6.45, 7) is 2.09. The minimum absolute atomic E-state index is 0.0395. The number of hydrogen-bond donors (Lipinski definition) is 2. The Morgan fingerprint density at radius 1 is 1.00 bits per heavy atom. The van der Waals surface area contributed by atoms with Crippen molar-refractivity contribution in [2.45, 2.75) is 13.0 Å². The van der Waals surface area contributed by atoms with Crippen LogP contribution in [0.3, 0.4) is 0 Å². The second kappa shape index (κ2) is 8.45. The molecule has 0 saturated carbocycles. The van der Waals surface area contributed by atoms with Crippen molar-refractivity contribution in [3.63, 3.8) is 0 Å². The number of pyridine rings is 1. The standard InChI is InChI=1S/C21H21N3OS/c1-15-7-6-10-17(13-15)20(16-8-4-3-5-9-16)24-21(26)23-18-11-12-19(25-2)22-14-18/h3-14,20H,1-2H3,(H2,23,24,26)/t20-/m0/s1. The third kappa shape index (κ3) is 4.58. The molecule has 4 nitrogen and oxygen atoms in total. The summed E-state index contributed by atoms with van der Waals surface area (Å²) in [4.78, 5) is 4.19. The van der Waals surface area contributed by atoms with Crippen molar-refractivity contribution in [3.05, 3.63) is 89.6 Å². The molecule has 1 heterocycles. The molecule has 3 aromatic rings. The third-order valence-electron chi connectivity index (χ3n) is 3.99. The maximum absolute atomic E-state index is 5.53. The van der Waals surface area contributed by atoms with Crippen molar-refractivity contribution in [1.82, 2.24) is 10.3 Å². The Balaban J connectivity index is 1.79. The Labute approximate surface area is 159 Å². The summed E-state index contributed by atoms with van der Waals surface area (Å²) in [5.41, 5.74) is 4.33. The van der Waals surface area contributed by atoms with E-state index in [1.165, 1.54) is 5.56 Å². The van der Waals surface area contributed by atoms with E-state index >= 15 is 0 Å². The van der Waals surface area contributed by atoms with Crippen molar-refractivity contribution in [2.75, 3.05) is 12.4 Å². The molecule has 0 aliphatic rings. The molecule has 132 valence electrons. The van der Waals surface area contributed by atoms with Crippen LogP contribution in [0.2, 0.25) is 0 Å². The summed E-state index contributed by atoms with van der Waals surface area (Å²) >= 11 is 5.53. The summed E-state index contributed by atoms with van der Waals surface area (Å²) in [7, 11) is 1.59. The number of ether oxygens (including phenoxy) is 1. The first-order chi connectivity index (χ1) is 12.7. The van der Waals surface area contributed by atoms with E-state index in [0.717, 1.165) is 16.8 Å². The number of thiocarbonyl (C=S) groups is 1. The molecule has 2 N–H and O–H groups in total. The number of nitrogens with one attached hydrogen (secondary N) is 2. The fraction of sp³-hybridized carbons (Fsp3) is 0.143. The largest absolute Gasteiger partial charge is 0.481 e. The summed E-state index contributed by atoms with van der Waals surface area (Å²) in [6, 6.07) is 22.3. The van der Waals surface area contributed by atoms with Gasteiger partial charge in [0.05, 0.1) is 25.0 Å². The Morgan fingerprint density at radius 3 is 2.42 bits per heavy atom. The molecular formula is C21H21N3OS. The first kappa shape index (κ1) is 17.9. The van der Waals surface area contributed by atoms with Gasteiger partial charge in [0.25, 0.3) is 0 Å². The smallest absolute Gasteiger partial charge is 0.213 e. The summed E-state index contributed by atoms with van der Waals surface area (Å²) < 4.78 is 5.08. The van der Waals surface area contributed by atoms with Crippen molar-refractivity contribution >= 4 is 23.0 Å². The van der Waals surface area contributed by atoms with Gasteiger partial charge in [-0.25, -0.2) is 4.98 Å². The van der Waals surface area contributed by atoms with Gasteiger partial charge in [0.1, 0.15) is 0 Å². The third-order valence-corrected chi connectivity index (χ3v) is 4.21. The van der Waals surface area contributed by atoms with E-state index in [1.54, 1.807) is 19.4 Å². The van der Waals surface area contributed by atoms with E-state index < -0.39 is 0 Å².